The Kier molecular flexibility index (Phi) is 7.28. The van der Waals surface area contributed by atoms with E-state index in [2.05, 4.69) is 14.7 Å². The highest BCUT2D eigenvalue weighted by Gasteiger charge is 2.12. The van der Waals surface area contributed by atoms with Crippen LogP contribution < -0.4 is 0 Å². The first-order chi connectivity index (χ1) is 14.6. The largest absolute Gasteiger partial charge is 0.464 e. The number of halogens is 3. The van der Waals surface area contributed by atoms with Crippen LogP contribution in [-0.2, 0) is 10.6 Å². The highest BCUT2D eigenvalue weighted by molar-refractivity contribution is 6.30. The van der Waals surface area contributed by atoms with Gasteiger partial charge < -0.3 is 18.5 Å². The molecule has 9 heteroatoms. The van der Waals surface area contributed by atoms with E-state index in [1.807, 2.05) is 53.1 Å². The van der Waals surface area contributed by atoms with Crippen molar-refractivity contribution in [3.63, 3.8) is 0 Å². The number of rotatable bonds is 3. The predicted octanol–water partition coefficient (Wildman–Crippen LogP) is 6.36. The quantitative estimate of drug-likeness (QED) is 0.242. The van der Waals surface area contributed by atoms with Crippen LogP contribution in [-0.4, -0.2) is 27.4 Å². The third-order valence-electron chi connectivity index (χ3n) is 4.52. The van der Waals surface area contributed by atoms with Crippen LogP contribution in [0, 0.1) is 0 Å². The summed E-state index contributed by atoms with van der Waals surface area (Å²) in [6.45, 7) is 0. The molecule has 0 amide bonds. The maximum Gasteiger partial charge on any atom is 0.354 e. The second-order valence-electron chi connectivity index (χ2n) is 6.35. The van der Waals surface area contributed by atoms with Gasteiger partial charge in [-0.25, -0.2) is 9.78 Å². The molecule has 0 fully saturated rings. The number of alkyl halides is 1. The minimum Gasteiger partial charge on any atom is -0.464 e. The number of aromatic nitrogens is 3. The minimum atomic E-state index is -0.388. The first-order valence-electron chi connectivity index (χ1n) is 9.03. The van der Waals surface area contributed by atoms with Crippen molar-refractivity contribution in [2.24, 2.45) is 0 Å². The molecule has 5 rings (SSSR count). The molecule has 0 unspecified atom stereocenters. The van der Waals surface area contributed by atoms with Gasteiger partial charge in [0.2, 0.25) is 0 Å². The molecule has 0 atom stereocenters. The highest BCUT2D eigenvalue weighted by atomic mass is 35.5. The molecular formula is C22H18Cl3N3O3. The number of carbonyl (C=O) groups excluding carboxylic acids is 1. The van der Waals surface area contributed by atoms with Crippen LogP contribution in [0.25, 0.3) is 28.0 Å². The third kappa shape index (κ3) is 4.71. The summed E-state index contributed by atoms with van der Waals surface area (Å²) in [6.07, 6.45) is 3.53. The Hall–Kier alpha value is -2.93. The van der Waals surface area contributed by atoms with Gasteiger partial charge in [-0.1, -0.05) is 29.8 Å². The number of ether oxygens (including phenoxy) is 1. The number of fused-ring (bicyclic) bond motifs is 2. The first-order valence-corrected chi connectivity index (χ1v) is 9.94. The van der Waals surface area contributed by atoms with Crippen LogP contribution in [0.3, 0.4) is 0 Å². The van der Waals surface area contributed by atoms with E-state index in [4.69, 9.17) is 27.6 Å². The summed E-state index contributed by atoms with van der Waals surface area (Å²) in [4.78, 5) is 18.5. The Balaban J connectivity index is 0.000000183. The van der Waals surface area contributed by atoms with Gasteiger partial charge in [0.15, 0.2) is 5.58 Å². The minimum absolute atomic E-state index is 0. The zero-order valence-corrected chi connectivity index (χ0v) is 18.7. The summed E-state index contributed by atoms with van der Waals surface area (Å²) in [6, 6.07) is 16.9. The number of pyridine rings is 1. The van der Waals surface area contributed by atoms with Crippen molar-refractivity contribution < 1.29 is 13.9 Å². The topological polar surface area (TPSA) is 72.5 Å². The number of nitrogens with zero attached hydrogens (tertiary/aromatic N) is 2. The summed E-state index contributed by atoms with van der Waals surface area (Å²) in [7, 11) is 1.34. The van der Waals surface area contributed by atoms with E-state index in [0.29, 0.717) is 17.2 Å². The van der Waals surface area contributed by atoms with Gasteiger partial charge in [-0.3, -0.25) is 0 Å². The van der Waals surface area contributed by atoms with Crippen molar-refractivity contribution in [2.45, 2.75) is 5.88 Å². The van der Waals surface area contributed by atoms with Crippen molar-refractivity contribution in [1.82, 2.24) is 14.4 Å². The number of nitrogens with one attached hydrogen (secondary N) is 1. The van der Waals surface area contributed by atoms with Crippen LogP contribution in [0.15, 0.2) is 71.5 Å². The Labute approximate surface area is 194 Å². The lowest BCUT2D eigenvalue weighted by Gasteiger charge is -2.01. The number of furan rings is 1. The summed E-state index contributed by atoms with van der Waals surface area (Å²) in [5, 5.41) is 0.718. The fraction of sp³-hybridized carbons (Fsp3) is 0.0909. The van der Waals surface area contributed by atoms with E-state index < -0.39 is 0 Å². The van der Waals surface area contributed by atoms with E-state index in [1.54, 1.807) is 18.4 Å². The summed E-state index contributed by atoms with van der Waals surface area (Å²) in [5.41, 5.74) is 5.71. The molecule has 160 valence electrons. The Morgan fingerprint density at radius 1 is 1.19 bits per heavy atom. The van der Waals surface area contributed by atoms with Gasteiger partial charge in [0, 0.05) is 28.9 Å². The van der Waals surface area contributed by atoms with Crippen molar-refractivity contribution >= 4 is 58.3 Å². The molecule has 31 heavy (non-hydrogen) atoms. The van der Waals surface area contributed by atoms with E-state index in [0.717, 1.165) is 33.1 Å². The van der Waals surface area contributed by atoms with Crippen LogP contribution >= 0.6 is 35.6 Å². The second kappa shape index (κ2) is 9.92. The van der Waals surface area contributed by atoms with Crippen LogP contribution in [0.1, 0.15) is 16.2 Å². The number of imidazole rings is 1. The number of esters is 1. The molecule has 0 aliphatic heterocycles. The van der Waals surface area contributed by atoms with E-state index in [1.165, 1.54) is 7.11 Å². The number of carbonyl (C=O) groups is 1. The molecule has 0 spiro atoms. The molecule has 0 aliphatic carbocycles. The molecular weight excluding hydrogens is 461 g/mol. The van der Waals surface area contributed by atoms with Gasteiger partial charge >= 0.3 is 5.97 Å². The number of hydrogen-bond donors (Lipinski definition) is 1. The molecule has 0 aliphatic rings. The molecule has 0 bridgehead atoms. The van der Waals surface area contributed by atoms with E-state index in [9.17, 15) is 4.79 Å². The zero-order valence-electron chi connectivity index (χ0n) is 16.3. The van der Waals surface area contributed by atoms with Gasteiger partial charge in [-0.15, -0.1) is 24.0 Å². The highest BCUT2D eigenvalue weighted by Crippen LogP contribution is 2.26. The fourth-order valence-corrected chi connectivity index (χ4v) is 3.46. The molecule has 0 saturated heterocycles. The lowest BCUT2D eigenvalue weighted by molar-refractivity contribution is 0.0595. The predicted molar refractivity (Wildman–Crippen MR) is 124 cm³/mol. The summed E-state index contributed by atoms with van der Waals surface area (Å²) < 4.78 is 11.6. The number of aromatic amines is 1. The average molecular weight is 479 g/mol. The number of hydrogen-bond acceptors (Lipinski definition) is 4. The lowest BCUT2D eigenvalue weighted by Crippen LogP contribution is -2.00. The second-order valence-corrected chi connectivity index (χ2v) is 7.05. The van der Waals surface area contributed by atoms with Gasteiger partial charge in [-0.05, 0) is 24.3 Å². The van der Waals surface area contributed by atoms with E-state index in [-0.39, 0.29) is 18.4 Å². The molecule has 1 N–H and O–H groups in total. The number of benzene rings is 1. The van der Waals surface area contributed by atoms with Crippen molar-refractivity contribution in [1.29, 1.82) is 0 Å². The van der Waals surface area contributed by atoms with Crippen LogP contribution in [0.4, 0.5) is 0 Å². The van der Waals surface area contributed by atoms with Crippen molar-refractivity contribution in [2.75, 3.05) is 7.11 Å². The molecule has 4 heterocycles. The van der Waals surface area contributed by atoms with Crippen molar-refractivity contribution in [3.8, 4) is 11.3 Å². The lowest BCUT2D eigenvalue weighted by atomic mass is 10.1. The molecule has 6 nitrogen and oxygen atoms in total. The number of H-pyrrole nitrogens is 1. The molecule has 5 aromatic rings. The molecule has 0 radical (unpaired) electrons. The Morgan fingerprint density at radius 3 is 2.65 bits per heavy atom. The van der Waals surface area contributed by atoms with E-state index >= 15 is 0 Å². The maximum atomic E-state index is 11.0. The maximum absolute atomic E-state index is 11.0. The molecule has 0 saturated carbocycles. The smallest absolute Gasteiger partial charge is 0.354 e. The SMILES string of the molecule is COC(=O)c1cc2occc2[nH]1.Cl.ClCc1c(-c2ccc(Cl)cc2)nc2ccccn12. The van der Waals surface area contributed by atoms with Gasteiger partial charge in [0.05, 0.1) is 36.2 Å². The van der Waals surface area contributed by atoms with Crippen LogP contribution in [0.2, 0.25) is 5.02 Å². The van der Waals surface area contributed by atoms with Crippen molar-refractivity contribution in [3.05, 3.63) is 83.5 Å². The van der Waals surface area contributed by atoms with Crippen LogP contribution in [0.5, 0.6) is 0 Å². The molecule has 1 aromatic carbocycles. The summed E-state index contributed by atoms with van der Waals surface area (Å²) >= 11 is 11.9. The Bertz CT molecular complexity index is 1280. The summed E-state index contributed by atoms with van der Waals surface area (Å²) in [5.74, 6) is 0.0322. The van der Waals surface area contributed by atoms with Gasteiger partial charge in [0.25, 0.3) is 0 Å². The van der Waals surface area contributed by atoms with Gasteiger partial charge in [-0.2, -0.15) is 0 Å². The zero-order chi connectivity index (χ0) is 21.1. The first kappa shape index (κ1) is 22.7. The van der Waals surface area contributed by atoms with Gasteiger partial charge in [0.1, 0.15) is 11.3 Å². The molecule has 4 aromatic heterocycles. The standard InChI is InChI=1S/C14H10Cl2N2.C8H7NO3.ClH/c15-9-12-14(10-4-6-11(16)7-5-10)17-13-3-1-2-8-18(12)13;1-11-8(10)6-4-7-5(9-6)2-3-12-7;/h1-8H,9H2;2-4,9H,1H3;1H. The third-order valence-corrected chi connectivity index (χ3v) is 5.02. The monoisotopic (exact) mass is 477 g/mol. The normalized spacial score (nSPS) is 10.4. The average Bonchev–Trinajstić information content (AvgIpc) is 3.47. The number of methoxy groups -OCH3 is 1. The fourth-order valence-electron chi connectivity index (χ4n) is 3.08. The Morgan fingerprint density at radius 2 is 1.97 bits per heavy atom.